The molecule has 0 aromatic carbocycles. The van der Waals surface area contributed by atoms with Crippen molar-refractivity contribution in [2.75, 3.05) is 18.8 Å². The third-order valence-electron chi connectivity index (χ3n) is 4.06. The van der Waals surface area contributed by atoms with Crippen molar-refractivity contribution in [2.24, 2.45) is 0 Å². The summed E-state index contributed by atoms with van der Waals surface area (Å²) in [5.41, 5.74) is 0.934. The predicted molar refractivity (Wildman–Crippen MR) is 101 cm³/mol. The van der Waals surface area contributed by atoms with Crippen LogP contribution in [0.3, 0.4) is 0 Å². The Hall–Kier alpha value is -2.19. The summed E-state index contributed by atoms with van der Waals surface area (Å²) < 4.78 is 7.65. The highest BCUT2D eigenvalue weighted by Gasteiger charge is 2.26. The minimum Gasteiger partial charge on any atom is -0.372 e. The average Bonchev–Trinajstić information content (AvgIpc) is 3.02. The van der Waals surface area contributed by atoms with Gasteiger partial charge in [0, 0.05) is 37.6 Å². The van der Waals surface area contributed by atoms with Crippen molar-refractivity contribution in [1.82, 2.24) is 24.6 Å². The molecular formula is C18H23N5O2S. The van der Waals surface area contributed by atoms with Gasteiger partial charge < -0.3 is 9.64 Å². The van der Waals surface area contributed by atoms with Gasteiger partial charge in [-0.3, -0.25) is 14.3 Å². The van der Waals surface area contributed by atoms with Crippen molar-refractivity contribution in [2.45, 2.75) is 37.8 Å². The van der Waals surface area contributed by atoms with E-state index >= 15 is 0 Å². The zero-order valence-electron chi connectivity index (χ0n) is 15.0. The van der Waals surface area contributed by atoms with E-state index in [-0.39, 0.29) is 18.1 Å². The first-order chi connectivity index (χ1) is 12.6. The van der Waals surface area contributed by atoms with Crippen LogP contribution < -0.4 is 0 Å². The van der Waals surface area contributed by atoms with Gasteiger partial charge >= 0.3 is 0 Å². The number of allylic oxidation sites excluding steroid dienone is 1. The van der Waals surface area contributed by atoms with Gasteiger partial charge in [0.05, 0.1) is 18.0 Å². The van der Waals surface area contributed by atoms with Crippen LogP contribution in [0, 0.1) is 0 Å². The lowest BCUT2D eigenvalue weighted by Gasteiger charge is -2.35. The van der Waals surface area contributed by atoms with E-state index < -0.39 is 0 Å². The van der Waals surface area contributed by atoms with E-state index in [1.54, 1.807) is 18.5 Å². The Labute approximate surface area is 157 Å². The van der Waals surface area contributed by atoms with Crippen molar-refractivity contribution >= 4 is 17.7 Å². The van der Waals surface area contributed by atoms with Crippen LogP contribution in [0.5, 0.6) is 0 Å². The second-order valence-electron chi connectivity index (χ2n) is 6.29. The highest BCUT2D eigenvalue weighted by Crippen LogP contribution is 2.24. The molecular weight excluding hydrogens is 350 g/mol. The van der Waals surface area contributed by atoms with E-state index in [0.29, 0.717) is 30.5 Å². The predicted octanol–water partition coefficient (Wildman–Crippen LogP) is 2.25. The van der Waals surface area contributed by atoms with Crippen LogP contribution in [0.4, 0.5) is 0 Å². The number of hydrogen-bond acceptors (Lipinski definition) is 6. The molecule has 0 aliphatic carbocycles. The molecule has 0 radical (unpaired) electrons. The van der Waals surface area contributed by atoms with E-state index in [0.717, 1.165) is 11.4 Å². The summed E-state index contributed by atoms with van der Waals surface area (Å²) in [6.45, 7) is 9.63. The Kier molecular flexibility index (Phi) is 6.05. The van der Waals surface area contributed by atoms with E-state index in [1.165, 1.54) is 11.8 Å². The van der Waals surface area contributed by atoms with Crippen molar-refractivity contribution in [3.8, 4) is 11.4 Å². The molecule has 1 amide bonds. The summed E-state index contributed by atoms with van der Waals surface area (Å²) in [4.78, 5) is 18.5. The minimum atomic E-state index is 0.0652. The molecule has 138 valence electrons. The SMILES string of the molecule is C=CCn1c(SCC(=O)N2C[C@H](C)O[C@@H](C)C2)nnc1-c1ccncc1. The van der Waals surface area contributed by atoms with Gasteiger partial charge in [-0.05, 0) is 26.0 Å². The summed E-state index contributed by atoms with van der Waals surface area (Å²) in [6, 6.07) is 3.78. The summed E-state index contributed by atoms with van der Waals surface area (Å²) >= 11 is 1.40. The van der Waals surface area contributed by atoms with E-state index in [2.05, 4.69) is 21.8 Å². The second-order valence-corrected chi connectivity index (χ2v) is 7.23. The molecule has 2 aromatic heterocycles. The van der Waals surface area contributed by atoms with Gasteiger partial charge in [-0.2, -0.15) is 0 Å². The normalized spacial score (nSPS) is 20.2. The summed E-state index contributed by atoms with van der Waals surface area (Å²) in [5, 5.41) is 9.27. The Bertz CT molecular complexity index is 754. The molecule has 2 aromatic rings. The maximum absolute atomic E-state index is 12.6. The first kappa shape index (κ1) is 18.6. The van der Waals surface area contributed by atoms with Crippen LogP contribution in [-0.4, -0.2) is 61.6 Å². The Balaban J connectivity index is 1.71. The number of carbonyl (C=O) groups is 1. The molecule has 1 fully saturated rings. The average molecular weight is 373 g/mol. The smallest absolute Gasteiger partial charge is 0.233 e. The summed E-state index contributed by atoms with van der Waals surface area (Å²) in [5.74, 6) is 1.16. The molecule has 0 saturated carbocycles. The molecule has 1 saturated heterocycles. The zero-order valence-corrected chi connectivity index (χ0v) is 15.9. The van der Waals surface area contributed by atoms with Gasteiger partial charge in [0.2, 0.25) is 5.91 Å². The number of thioether (sulfide) groups is 1. The molecule has 7 nitrogen and oxygen atoms in total. The maximum Gasteiger partial charge on any atom is 0.233 e. The molecule has 1 aliphatic heterocycles. The van der Waals surface area contributed by atoms with Crippen LogP contribution in [0.1, 0.15) is 13.8 Å². The third-order valence-corrected chi connectivity index (χ3v) is 5.02. The first-order valence-electron chi connectivity index (χ1n) is 8.59. The first-order valence-corrected chi connectivity index (χ1v) is 9.57. The van der Waals surface area contributed by atoms with Gasteiger partial charge in [-0.25, -0.2) is 0 Å². The number of hydrogen-bond donors (Lipinski definition) is 0. The molecule has 26 heavy (non-hydrogen) atoms. The number of amides is 1. The number of carbonyl (C=O) groups excluding carboxylic acids is 1. The lowest BCUT2D eigenvalue weighted by Crippen LogP contribution is -2.48. The van der Waals surface area contributed by atoms with Crippen molar-refractivity contribution in [3.05, 3.63) is 37.2 Å². The van der Waals surface area contributed by atoms with Crippen LogP contribution >= 0.6 is 11.8 Å². The number of ether oxygens (including phenoxy) is 1. The zero-order chi connectivity index (χ0) is 18.5. The molecule has 3 heterocycles. The number of nitrogens with zero attached hydrogens (tertiary/aromatic N) is 5. The van der Waals surface area contributed by atoms with Gasteiger partial charge in [-0.1, -0.05) is 17.8 Å². The van der Waals surface area contributed by atoms with Crippen LogP contribution in [0.2, 0.25) is 0 Å². The third kappa shape index (κ3) is 4.31. The molecule has 8 heteroatoms. The highest BCUT2D eigenvalue weighted by atomic mass is 32.2. The second kappa shape index (κ2) is 8.46. The summed E-state index contributed by atoms with van der Waals surface area (Å²) in [6.07, 6.45) is 5.37. The lowest BCUT2D eigenvalue weighted by atomic mass is 10.2. The lowest BCUT2D eigenvalue weighted by molar-refractivity contribution is -0.140. The number of morpholine rings is 1. The van der Waals surface area contributed by atoms with Crippen molar-refractivity contribution in [3.63, 3.8) is 0 Å². The molecule has 3 rings (SSSR count). The highest BCUT2D eigenvalue weighted by molar-refractivity contribution is 7.99. The van der Waals surface area contributed by atoms with Crippen LogP contribution in [0.15, 0.2) is 42.3 Å². The topological polar surface area (TPSA) is 73.1 Å². The number of pyridine rings is 1. The maximum atomic E-state index is 12.6. The fraction of sp³-hybridized carbons (Fsp3) is 0.444. The molecule has 1 aliphatic rings. The Morgan fingerprint density at radius 3 is 2.65 bits per heavy atom. The molecule has 0 unspecified atom stereocenters. The Morgan fingerprint density at radius 2 is 2.00 bits per heavy atom. The van der Waals surface area contributed by atoms with E-state index in [4.69, 9.17) is 4.74 Å². The minimum absolute atomic E-state index is 0.0652. The van der Waals surface area contributed by atoms with Gasteiger partial charge in [0.1, 0.15) is 0 Å². The van der Waals surface area contributed by atoms with Crippen molar-refractivity contribution < 1.29 is 9.53 Å². The monoisotopic (exact) mass is 373 g/mol. The van der Waals surface area contributed by atoms with E-state index in [9.17, 15) is 4.79 Å². The largest absolute Gasteiger partial charge is 0.372 e. The van der Waals surface area contributed by atoms with Gasteiger partial charge in [0.25, 0.3) is 0 Å². The summed E-state index contributed by atoms with van der Waals surface area (Å²) in [7, 11) is 0. The fourth-order valence-electron chi connectivity index (χ4n) is 3.00. The quantitative estimate of drug-likeness (QED) is 0.571. The van der Waals surface area contributed by atoms with Crippen LogP contribution in [-0.2, 0) is 16.1 Å². The van der Waals surface area contributed by atoms with Crippen molar-refractivity contribution in [1.29, 1.82) is 0 Å². The van der Waals surface area contributed by atoms with Gasteiger partial charge in [0.15, 0.2) is 11.0 Å². The van der Waals surface area contributed by atoms with Crippen LogP contribution in [0.25, 0.3) is 11.4 Å². The number of aromatic nitrogens is 4. The molecule has 0 bridgehead atoms. The molecule has 0 spiro atoms. The van der Waals surface area contributed by atoms with E-state index in [1.807, 2.05) is 35.4 Å². The fourth-order valence-corrected chi connectivity index (χ4v) is 3.85. The standard InChI is InChI=1S/C18H23N5O2S/c1-4-9-23-17(15-5-7-19-8-6-15)20-21-18(23)26-12-16(24)22-10-13(2)25-14(3)11-22/h4-8,13-14H,1,9-12H2,2-3H3/t13-,14-/m0/s1. The van der Waals surface area contributed by atoms with Gasteiger partial charge in [-0.15, -0.1) is 16.8 Å². The Morgan fingerprint density at radius 1 is 1.31 bits per heavy atom. The molecule has 0 N–H and O–H groups in total. The molecule has 2 atom stereocenters. The number of rotatable bonds is 6.